The fourth-order valence-electron chi connectivity index (χ4n) is 3.16. The van der Waals surface area contributed by atoms with Crippen LogP contribution in [0.3, 0.4) is 0 Å². The molecule has 1 unspecified atom stereocenters. The molecule has 0 saturated carbocycles. The van der Waals surface area contributed by atoms with Crippen molar-refractivity contribution in [3.63, 3.8) is 0 Å². The zero-order chi connectivity index (χ0) is 20.7. The van der Waals surface area contributed by atoms with Crippen LogP contribution in [0, 0.1) is 0 Å². The van der Waals surface area contributed by atoms with Crippen molar-refractivity contribution in [3.05, 3.63) is 29.8 Å². The number of hydrogen-bond acceptors (Lipinski definition) is 4. The van der Waals surface area contributed by atoms with E-state index in [0.717, 1.165) is 38.4 Å². The summed E-state index contributed by atoms with van der Waals surface area (Å²) in [4.78, 5) is 20.6. The number of nitrogens with zero attached hydrogens (tertiary/aromatic N) is 3. The number of carbonyl (C=O) groups is 1. The second kappa shape index (κ2) is 9.66. The summed E-state index contributed by atoms with van der Waals surface area (Å²) in [5, 5.41) is 6.38. The van der Waals surface area contributed by atoms with Gasteiger partial charge in [-0.15, -0.1) is 0 Å². The molecule has 7 nitrogen and oxygen atoms in total. The van der Waals surface area contributed by atoms with Crippen LogP contribution in [-0.4, -0.2) is 69.4 Å². The number of benzene rings is 1. The first kappa shape index (κ1) is 21.9. The Morgan fingerprint density at radius 2 is 1.96 bits per heavy atom. The molecule has 1 heterocycles. The molecule has 1 fully saturated rings. The number of likely N-dealkylation sites (tertiary alicyclic amines) is 1. The monoisotopic (exact) mass is 389 g/mol. The van der Waals surface area contributed by atoms with Crippen LogP contribution in [0.5, 0.6) is 0 Å². The van der Waals surface area contributed by atoms with Crippen LogP contribution in [0.15, 0.2) is 29.3 Å². The van der Waals surface area contributed by atoms with Gasteiger partial charge in [0.1, 0.15) is 5.60 Å². The maximum atomic E-state index is 12.0. The smallest absolute Gasteiger partial charge is 0.407 e. The SMILES string of the molecule is CN=C(NCCc1ccc(N(C)C)cc1)N1CCC(NC(=O)OC(C)(C)C)C1. The molecule has 1 aliphatic rings. The van der Waals surface area contributed by atoms with E-state index in [2.05, 4.69) is 49.7 Å². The molecule has 2 N–H and O–H groups in total. The molecule has 1 aromatic carbocycles. The zero-order valence-corrected chi connectivity index (χ0v) is 18.1. The number of carbonyl (C=O) groups excluding carboxylic acids is 1. The lowest BCUT2D eigenvalue weighted by Crippen LogP contribution is -2.44. The molecule has 0 bridgehead atoms. The van der Waals surface area contributed by atoms with Crippen LogP contribution in [-0.2, 0) is 11.2 Å². The van der Waals surface area contributed by atoms with Crippen molar-refractivity contribution in [1.29, 1.82) is 0 Å². The number of amides is 1. The Morgan fingerprint density at radius 3 is 2.54 bits per heavy atom. The largest absolute Gasteiger partial charge is 0.444 e. The van der Waals surface area contributed by atoms with Gasteiger partial charge in [-0.2, -0.15) is 0 Å². The highest BCUT2D eigenvalue weighted by molar-refractivity contribution is 5.80. The van der Waals surface area contributed by atoms with Gasteiger partial charge in [0.2, 0.25) is 0 Å². The third kappa shape index (κ3) is 6.94. The summed E-state index contributed by atoms with van der Waals surface area (Å²) < 4.78 is 5.34. The molecule has 28 heavy (non-hydrogen) atoms. The van der Waals surface area contributed by atoms with E-state index in [0.29, 0.717) is 0 Å². The molecule has 1 aliphatic heterocycles. The van der Waals surface area contributed by atoms with Gasteiger partial charge in [0.15, 0.2) is 5.96 Å². The van der Waals surface area contributed by atoms with Crippen molar-refractivity contribution < 1.29 is 9.53 Å². The summed E-state index contributed by atoms with van der Waals surface area (Å²) in [6.07, 6.45) is 1.45. The Bertz CT molecular complexity index is 664. The Balaban J connectivity index is 1.77. The summed E-state index contributed by atoms with van der Waals surface area (Å²) in [6.45, 7) is 8.01. The van der Waals surface area contributed by atoms with E-state index in [-0.39, 0.29) is 12.1 Å². The highest BCUT2D eigenvalue weighted by atomic mass is 16.6. The van der Waals surface area contributed by atoms with Crippen molar-refractivity contribution in [1.82, 2.24) is 15.5 Å². The molecular formula is C21H35N5O2. The van der Waals surface area contributed by atoms with Crippen LogP contribution >= 0.6 is 0 Å². The molecule has 7 heteroatoms. The lowest BCUT2D eigenvalue weighted by atomic mass is 10.1. The molecule has 1 aromatic rings. The van der Waals surface area contributed by atoms with Gasteiger partial charge >= 0.3 is 6.09 Å². The topological polar surface area (TPSA) is 69.2 Å². The quantitative estimate of drug-likeness (QED) is 0.598. The Kier molecular flexibility index (Phi) is 7.54. The normalized spacial score (nSPS) is 17.4. The lowest BCUT2D eigenvalue weighted by Gasteiger charge is -2.23. The van der Waals surface area contributed by atoms with Gasteiger partial charge in [0, 0.05) is 46.5 Å². The third-order valence-electron chi connectivity index (χ3n) is 4.57. The number of nitrogens with one attached hydrogen (secondary N) is 2. The second-order valence-corrected chi connectivity index (χ2v) is 8.36. The Hall–Kier alpha value is -2.44. The van der Waals surface area contributed by atoms with E-state index >= 15 is 0 Å². The van der Waals surface area contributed by atoms with Crippen LogP contribution in [0.25, 0.3) is 0 Å². The van der Waals surface area contributed by atoms with Gasteiger partial charge in [-0.25, -0.2) is 4.79 Å². The average Bonchev–Trinajstić information content (AvgIpc) is 3.05. The van der Waals surface area contributed by atoms with Gasteiger partial charge in [-0.05, 0) is 51.3 Å². The summed E-state index contributed by atoms with van der Waals surface area (Å²) in [5.41, 5.74) is 2.01. The molecule has 156 valence electrons. The van der Waals surface area contributed by atoms with E-state index in [9.17, 15) is 4.79 Å². The summed E-state index contributed by atoms with van der Waals surface area (Å²) in [5.74, 6) is 0.874. The van der Waals surface area contributed by atoms with E-state index in [1.807, 2.05) is 34.9 Å². The molecule has 1 atom stereocenters. The average molecular weight is 390 g/mol. The molecule has 1 amide bonds. The van der Waals surface area contributed by atoms with Gasteiger partial charge in [0.05, 0.1) is 6.04 Å². The number of hydrogen-bond donors (Lipinski definition) is 2. The van der Waals surface area contributed by atoms with Crippen molar-refractivity contribution in [3.8, 4) is 0 Å². The number of ether oxygens (including phenoxy) is 1. The lowest BCUT2D eigenvalue weighted by molar-refractivity contribution is 0.0507. The van der Waals surface area contributed by atoms with Crippen LogP contribution in [0.4, 0.5) is 10.5 Å². The van der Waals surface area contributed by atoms with E-state index in [1.54, 1.807) is 7.05 Å². The number of anilines is 1. The fourth-order valence-corrected chi connectivity index (χ4v) is 3.16. The molecule has 2 rings (SSSR count). The van der Waals surface area contributed by atoms with Gasteiger partial charge in [-0.1, -0.05) is 12.1 Å². The third-order valence-corrected chi connectivity index (χ3v) is 4.57. The molecule has 1 saturated heterocycles. The number of guanidine groups is 1. The standard InChI is InChI=1S/C21H35N5O2/c1-21(2,3)28-20(27)24-17-12-14-26(15-17)19(22-4)23-13-11-16-7-9-18(10-8-16)25(5)6/h7-10,17H,11-15H2,1-6H3,(H,22,23)(H,24,27). The van der Waals surface area contributed by atoms with Crippen molar-refractivity contribution >= 4 is 17.7 Å². The molecule has 0 spiro atoms. The number of rotatable bonds is 5. The number of alkyl carbamates (subject to hydrolysis) is 1. The van der Waals surface area contributed by atoms with Crippen LogP contribution in [0.2, 0.25) is 0 Å². The van der Waals surface area contributed by atoms with Gasteiger partial charge in [0.25, 0.3) is 0 Å². The zero-order valence-electron chi connectivity index (χ0n) is 18.1. The predicted molar refractivity (Wildman–Crippen MR) is 115 cm³/mol. The minimum absolute atomic E-state index is 0.0759. The van der Waals surface area contributed by atoms with E-state index in [1.165, 1.54) is 11.3 Å². The molecular weight excluding hydrogens is 354 g/mol. The van der Waals surface area contributed by atoms with E-state index < -0.39 is 5.60 Å². The Morgan fingerprint density at radius 1 is 1.29 bits per heavy atom. The maximum absolute atomic E-state index is 12.0. The van der Waals surface area contributed by atoms with Gasteiger partial charge < -0.3 is 25.2 Å². The highest BCUT2D eigenvalue weighted by Crippen LogP contribution is 2.13. The molecule has 0 radical (unpaired) electrons. The summed E-state index contributed by atoms with van der Waals surface area (Å²) in [6, 6.07) is 8.68. The highest BCUT2D eigenvalue weighted by Gasteiger charge is 2.27. The molecule has 0 aliphatic carbocycles. The number of aliphatic imine (C=N–C) groups is 1. The van der Waals surface area contributed by atoms with Crippen LogP contribution in [0.1, 0.15) is 32.8 Å². The molecule has 0 aromatic heterocycles. The van der Waals surface area contributed by atoms with Crippen molar-refractivity contribution in [2.24, 2.45) is 4.99 Å². The minimum Gasteiger partial charge on any atom is -0.444 e. The second-order valence-electron chi connectivity index (χ2n) is 8.36. The van der Waals surface area contributed by atoms with Gasteiger partial charge in [-0.3, -0.25) is 4.99 Å². The first-order valence-electron chi connectivity index (χ1n) is 9.89. The fraction of sp³-hybridized carbons (Fsp3) is 0.619. The van der Waals surface area contributed by atoms with E-state index in [4.69, 9.17) is 4.74 Å². The van der Waals surface area contributed by atoms with Crippen molar-refractivity contribution in [2.75, 3.05) is 45.7 Å². The minimum atomic E-state index is -0.481. The first-order valence-corrected chi connectivity index (χ1v) is 9.89. The Labute approximate surface area is 169 Å². The first-order chi connectivity index (χ1) is 13.2. The predicted octanol–water partition coefficient (Wildman–Crippen LogP) is 2.47. The van der Waals surface area contributed by atoms with Crippen molar-refractivity contribution in [2.45, 2.75) is 45.3 Å². The maximum Gasteiger partial charge on any atom is 0.407 e. The summed E-state index contributed by atoms with van der Waals surface area (Å²) >= 11 is 0. The summed E-state index contributed by atoms with van der Waals surface area (Å²) in [7, 11) is 5.88. The van der Waals surface area contributed by atoms with Crippen LogP contribution < -0.4 is 15.5 Å².